The van der Waals surface area contributed by atoms with E-state index in [4.69, 9.17) is 4.74 Å². The lowest BCUT2D eigenvalue weighted by Gasteiger charge is -2.06. The van der Waals surface area contributed by atoms with E-state index < -0.39 is 0 Å². The second kappa shape index (κ2) is 5.50. The van der Waals surface area contributed by atoms with Crippen molar-refractivity contribution in [1.29, 1.82) is 0 Å². The Bertz CT molecular complexity index is 445. The number of hydrogen-bond donors (Lipinski definition) is 0. The topological polar surface area (TPSA) is 9.23 Å². The van der Waals surface area contributed by atoms with Crippen LogP contribution in [0.5, 0.6) is 11.5 Å². The zero-order valence-corrected chi connectivity index (χ0v) is 9.52. The minimum absolute atomic E-state index is 0.885. The van der Waals surface area contributed by atoms with Crippen molar-refractivity contribution >= 4 is 27.4 Å². The van der Waals surface area contributed by atoms with Gasteiger partial charge in [-0.1, -0.05) is 35.8 Å². The summed E-state index contributed by atoms with van der Waals surface area (Å²) in [5.74, 6) is 1.80. The average molecular weight is 206 g/mol. The highest BCUT2D eigenvalue weighted by molar-refractivity contribution is 7.27. The Balaban J connectivity index is 2.12. The first-order valence-electron chi connectivity index (χ1n) is 5.70. The largest absolute Gasteiger partial charge is 0.457 e. The van der Waals surface area contributed by atoms with Gasteiger partial charge < -0.3 is 4.74 Å². The standard InChI is InChI=1S/C12H13B3O/c13-15-14-10-5-4-8-12(9-10)16-11-6-2-1-3-7-11/h1-9,14-15H,13H2. The van der Waals surface area contributed by atoms with Crippen LogP contribution in [0.15, 0.2) is 54.6 Å². The fourth-order valence-corrected chi connectivity index (χ4v) is 1.68. The third kappa shape index (κ3) is 2.96. The van der Waals surface area contributed by atoms with E-state index in [-0.39, 0.29) is 0 Å². The zero-order valence-electron chi connectivity index (χ0n) is 9.52. The molecule has 0 heterocycles. The van der Waals surface area contributed by atoms with Gasteiger partial charge in [0, 0.05) is 0 Å². The van der Waals surface area contributed by atoms with Crippen LogP contribution in [0.25, 0.3) is 0 Å². The molecule has 0 saturated heterocycles. The summed E-state index contributed by atoms with van der Waals surface area (Å²) in [6, 6.07) is 18.2. The van der Waals surface area contributed by atoms with Crippen molar-refractivity contribution < 1.29 is 4.74 Å². The maximum absolute atomic E-state index is 5.77. The van der Waals surface area contributed by atoms with E-state index >= 15 is 0 Å². The predicted molar refractivity (Wildman–Crippen MR) is 75.4 cm³/mol. The quantitative estimate of drug-likeness (QED) is 0.659. The Morgan fingerprint density at radius 2 is 1.62 bits per heavy atom. The van der Waals surface area contributed by atoms with Crippen molar-refractivity contribution in [3.8, 4) is 11.5 Å². The van der Waals surface area contributed by atoms with E-state index in [1.54, 1.807) is 0 Å². The highest BCUT2D eigenvalue weighted by atomic mass is 16.5. The first-order chi connectivity index (χ1) is 7.88. The van der Waals surface area contributed by atoms with Crippen LogP contribution in [0.4, 0.5) is 0 Å². The van der Waals surface area contributed by atoms with Gasteiger partial charge >= 0.3 is 0 Å². The molecule has 1 nitrogen and oxygen atoms in total. The molecule has 0 unspecified atom stereocenters. The molecule has 0 bridgehead atoms. The van der Waals surface area contributed by atoms with Crippen LogP contribution >= 0.6 is 0 Å². The normalized spacial score (nSPS) is 9.50. The van der Waals surface area contributed by atoms with E-state index in [2.05, 4.69) is 19.9 Å². The molecule has 16 heavy (non-hydrogen) atoms. The van der Waals surface area contributed by atoms with Gasteiger partial charge in [-0.25, -0.2) is 0 Å². The van der Waals surface area contributed by atoms with Gasteiger partial charge in [0.1, 0.15) is 18.7 Å². The fourth-order valence-electron chi connectivity index (χ4n) is 1.68. The lowest BCUT2D eigenvalue weighted by molar-refractivity contribution is 0.483. The van der Waals surface area contributed by atoms with Crippen LogP contribution in [-0.4, -0.2) is 22.0 Å². The van der Waals surface area contributed by atoms with Gasteiger partial charge in [0.05, 0.1) is 14.8 Å². The monoisotopic (exact) mass is 206 g/mol. The van der Waals surface area contributed by atoms with Gasteiger partial charge in [0.15, 0.2) is 0 Å². The number of benzene rings is 2. The number of rotatable bonds is 4. The Kier molecular flexibility index (Phi) is 3.76. The third-order valence-electron chi connectivity index (χ3n) is 2.42. The lowest BCUT2D eigenvalue weighted by atomic mass is 9.26. The van der Waals surface area contributed by atoms with Gasteiger partial charge in [-0.15, -0.1) is 0 Å². The molecule has 76 valence electrons. The number of hydrogen-bond acceptors (Lipinski definition) is 1. The van der Waals surface area contributed by atoms with Crippen LogP contribution in [0.2, 0.25) is 0 Å². The molecule has 4 heteroatoms. The van der Waals surface area contributed by atoms with Crippen molar-refractivity contribution in [1.82, 2.24) is 0 Å². The van der Waals surface area contributed by atoms with Gasteiger partial charge in [-0.05, 0) is 24.3 Å². The van der Waals surface area contributed by atoms with Crippen molar-refractivity contribution in [3.05, 3.63) is 54.6 Å². The Hall–Kier alpha value is -1.57. The summed E-state index contributed by atoms with van der Waals surface area (Å²) in [6.45, 7) is 0. The summed E-state index contributed by atoms with van der Waals surface area (Å²) < 4.78 is 5.77. The molecule has 0 spiro atoms. The summed E-state index contributed by atoms with van der Waals surface area (Å²) in [6.07, 6.45) is 0. The van der Waals surface area contributed by atoms with E-state index in [9.17, 15) is 0 Å². The molecule has 0 atom stereocenters. The summed E-state index contributed by atoms with van der Waals surface area (Å²) in [4.78, 5) is 0. The smallest absolute Gasteiger partial charge is 0.127 e. The van der Waals surface area contributed by atoms with E-state index in [0.717, 1.165) is 25.7 Å². The third-order valence-corrected chi connectivity index (χ3v) is 2.42. The van der Waals surface area contributed by atoms with Crippen molar-refractivity contribution in [3.63, 3.8) is 0 Å². The van der Waals surface area contributed by atoms with E-state index in [0.29, 0.717) is 0 Å². The predicted octanol–water partition coefficient (Wildman–Crippen LogP) is 0.440. The van der Waals surface area contributed by atoms with E-state index in [1.165, 1.54) is 5.46 Å². The van der Waals surface area contributed by atoms with Crippen LogP contribution in [0.3, 0.4) is 0 Å². The van der Waals surface area contributed by atoms with Gasteiger partial charge in [-0.2, -0.15) is 0 Å². The lowest BCUT2D eigenvalue weighted by Crippen LogP contribution is -2.20. The van der Waals surface area contributed by atoms with Crippen LogP contribution in [0.1, 0.15) is 0 Å². The average Bonchev–Trinajstić information content (AvgIpc) is 2.31. The molecular formula is C12H13B3O. The summed E-state index contributed by atoms with van der Waals surface area (Å²) >= 11 is 0. The second-order valence-electron chi connectivity index (χ2n) is 3.81. The van der Waals surface area contributed by atoms with Crippen molar-refractivity contribution in [2.24, 2.45) is 0 Å². The van der Waals surface area contributed by atoms with Crippen LogP contribution < -0.4 is 10.2 Å². The van der Waals surface area contributed by atoms with Gasteiger partial charge in [0.25, 0.3) is 0 Å². The summed E-state index contributed by atoms with van der Waals surface area (Å²) in [5, 5.41) is 0. The molecule has 0 radical (unpaired) electrons. The van der Waals surface area contributed by atoms with Gasteiger partial charge in [0.2, 0.25) is 0 Å². The first-order valence-corrected chi connectivity index (χ1v) is 5.70. The Morgan fingerprint density at radius 3 is 2.38 bits per heavy atom. The highest BCUT2D eigenvalue weighted by Crippen LogP contribution is 2.18. The number of para-hydroxylation sites is 1. The molecule has 0 aliphatic carbocycles. The molecule has 0 fully saturated rings. The van der Waals surface area contributed by atoms with Gasteiger partial charge in [-0.3, -0.25) is 0 Å². The molecule has 0 aromatic heterocycles. The second-order valence-corrected chi connectivity index (χ2v) is 3.81. The SMILES string of the molecule is BBBc1cccc(Oc2ccccc2)c1. The minimum Gasteiger partial charge on any atom is -0.457 e. The summed E-state index contributed by atoms with van der Waals surface area (Å²) in [7, 11) is 4.45. The van der Waals surface area contributed by atoms with Crippen molar-refractivity contribution in [2.75, 3.05) is 0 Å². The zero-order chi connectivity index (χ0) is 11.2. The minimum atomic E-state index is 0.885. The molecule has 0 N–H and O–H groups in total. The van der Waals surface area contributed by atoms with E-state index in [1.807, 2.05) is 42.5 Å². The maximum Gasteiger partial charge on any atom is 0.127 e. The Labute approximate surface area is 98.7 Å². The van der Waals surface area contributed by atoms with Crippen molar-refractivity contribution in [2.45, 2.75) is 0 Å². The Morgan fingerprint density at radius 1 is 0.875 bits per heavy atom. The number of ether oxygens (including phenoxy) is 1. The molecule has 2 aromatic rings. The molecule has 0 saturated carbocycles. The first kappa shape index (κ1) is 10.9. The molecule has 2 rings (SSSR count). The fraction of sp³-hybridized carbons (Fsp3) is 0. The molecule has 0 aliphatic rings. The van der Waals surface area contributed by atoms with Crippen LogP contribution in [-0.2, 0) is 0 Å². The van der Waals surface area contributed by atoms with Crippen LogP contribution in [0, 0.1) is 0 Å². The maximum atomic E-state index is 5.77. The molecule has 2 aromatic carbocycles. The molecule has 0 amide bonds. The molecule has 0 aliphatic heterocycles. The molecular weight excluding hydrogens is 193 g/mol. The highest BCUT2D eigenvalue weighted by Gasteiger charge is 1.98. The summed E-state index contributed by atoms with van der Waals surface area (Å²) in [5.41, 5.74) is 1.33.